The third kappa shape index (κ3) is 2.04. The zero-order chi connectivity index (χ0) is 15.4. The topological polar surface area (TPSA) is 146 Å². The van der Waals surface area contributed by atoms with E-state index in [1.807, 2.05) is 0 Å². The van der Waals surface area contributed by atoms with E-state index in [4.69, 9.17) is 14.6 Å². The Morgan fingerprint density at radius 3 is 2.57 bits per heavy atom. The van der Waals surface area contributed by atoms with Gasteiger partial charge in [0.2, 0.25) is 0 Å². The molecule has 0 saturated carbocycles. The Balaban J connectivity index is 1.96. The Kier molecular flexibility index (Phi) is 3.41. The number of carboxylic acid groups (broad SMARTS) is 2. The minimum absolute atomic E-state index is 0.0942. The second-order valence-electron chi connectivity index (χ2n) is 5.75. The van der Waals surface area contributed by atoms with E-state index in [1.54, 1.807) is 0 Å². The molecule has 3 heterocycles. The smallest absolute Gasteiger partial charge is 0.323 e. The van der Waals surface area contributed by atoms with Crippen LogP contribution in [0.25, 0.3) is 0 Å². The zero-order valence-electron chi connectivity index (χ0n) is 11.0. The van der Waals surface area contributed by atoms with Gasteiger partial charge in [0, 0.05) is 12.5 Å². The first-order chi connectivity index (χ1) is 9.86. The number of rotatable bonds is 3. The summed E-state index contributed by atoms with van der Waals surface area (Å²) in [6, 6.07) is -1.20. The summed E-state index contributed by atoms with van der Waals surface area (Å²) in [6.45, 7) is 0.122. The minimum Gasteiger partial charge on any atom is -0.481 e. The van der Waals surface area contributed by atoms with Crippen LogP contribution in [0, 0.1) is 5.92 Å². The third-order valence-corrected chi connectivity index (χ3v) is 4.60. The Bertz CT molecular complexity index is 470. The highest BCUT2D eigenvalue weighted by molar-refractivity contribution is 5.79. The van der Waals surface area contributed by atoms with Crippen molar-refractivity contribution in [3.8, 4) is 0 Å². The van der Waals surface area contributed by atoms with E-state index in [2.05, 4.69) is 5.32 Å². The van der Waals surface area contributed by atoms with E-state index in [0.717, 1.165) is 0 Å². The lowest BCUT2D eigenvalue weighted by Crippen LogP contribution is -2.54. The fourth-order valence-electron chi connectivity index (χ4n) is 3.71. The minimum atomic E-state index is -1.49. The van der Waals surface area contributed by atoms with Crippen LogP contribution in [0.2, 0.25) is 0 Å². The van der Waals surface area contributed by atoms with Gasteiger partial charge in [-0.05, 0) is 0 Å². The molecule has 0 aliphatic carbocycles. The molecule has 7 atom stereocenters. The van der Waals surface area contributed by atoms with Crippen molar-refractivity contribution in [1.82, 2.24) is 5.32 Å². The average molecular weight is 303 g/mol. The molecule has 21 heavy (non-hydrogen) atoms. The Morgan fingerprint density at radius 2 is 1.95 bits per heavy atom. The summed E-state index contributed by atoms with van der Waals surface area (Å²) < 4.78 is 11.2. The number of aliphatic carboxylic acids is 2. The Hall–Kier alpha value is -1.26. The molecule has 0 spiro atoms. The van der Waals surface area contributed by atoms with Crippen LogP contribution in [0.1, 0.15) is 6.42 Å². The van der Waals surface area contributed by atoms with Crippen LogP contribution in [-0.4, -0.2) is 81.6 Å². The van der Waals surface area contributed by atoms with Crippen LogP contribution in [0.3, 0.4) is 0 Å². The van der Waals surface area contributed by atoms with Crippen LogP contribution < -0.4 is 5.32 Å². The molecule has 0 aromatic heterocycles. The lowest BCUT2D eigenvalue weighted by molar-refractivity contribution is -0.195. The van der Waals surface area contributed by atoms with E-state index in [9.17, 15) is 24.9 Å². The molecule has 0 aromatic carbocycles. The van der Waals surface area contributed by atoms with Crippen LogP contribution in [0.5, 0.6) is 0 Å². The van der Waals surface area contributed by atoms with Gasteiger partial charge in [0.15, 0.2) is 0 Å². The maximum absolute atomic E-state index is 11.4. The largest absolute Gasteiger partial charge is 0.481 e. The quantitative estimate of drug-likeness (QED) is 0.378. The molecule has 3 aliphatic rings. The van der Waals surface area contributed by atoms with Crippen molar-refractivity contribution < 1.29 is 39.5 Å². The van der Waals surface area contributed by atoms with Gasteiger partial charge in [-0.3, -0.25) is 9.59 Å². The molecule has 0 radical (unpaired) electrons. The number of nitrogens with one attached hydrogen (secondary N) is 1. The molecule has 3 rings (SSSR count). The molecule has 0 amide bonds. The van der Waals surface area contributed by atoms with Crippen molar-refractivity contribution >= 4 is 11.9 Å². The predicted octanol–water partition coefficient (Wildman–Crippen LogP) is -2.61. The molecule has 118 valence electrons. The van der Waals surface area contributed by atoms with Gasteiger partial charge in [-0.25, -0.2) is 0 Å². The molecule has 3 saturated heterocycles. The summed E-state index contributed by atoms with van der Waals surface area (Å²) in [5.74, 6) is -2.92. The molecule has 0 unspecified atom stereocenters. The number of carbonyl (C=O) groups is 2. The van der Waals surface area contributed by atoms with Crippen LogP contribution in [-0.2, 0) is 19.1 Å². The summed E-state index contributed by atoms with van der Waals surface area (Å²) in [6.07, 6.45) is -4.44. The van der Waals surface area contributed by atoms with Gasteiger partial charge >= 0.3 is 11.9 Å². The summed E-state index contributed by atoms with van der Waals surface area (Å²) in [7, 11) is 0. The maximum Gasteiger partial charge on any atom is 0.323 e. The van der Waals surface area contributed by atoms with Crippen LogP contribution in [0.4, 0.5) is 0 Å². The van der Waals surface area contributed by atoms with Gasteiger partial charge in [0.05, 0.1) is 19.1 Å². The van der Waals surface area contributed by atoms with Crippen molar-refractivity contribution in [2.75, 3.05) is 13.2 Å². The first kappa shape index (κ1) is 14.7. The first-order valence-electron chi connectivity index (χ1n) is 6.70. The fourth-order valence-corrected chi connectivity index (χ4v) is 3.71. The van der Waals surface area contributed by atoms with Crippen molar-refractivity contribution in [3.05, 3.63) is 0 Å². The number of fused-ring (bicyclic) bond motifs is 3. The summed E-state index contributed by atoms with van der Waals surface area (Å²) in [5.41, 5.74) is -1.49. The van der Waals surface area contributed by atoms with Gasteiger partial charge in [0.1, 0.15) is 30.0 Å². The number of hydrogen-bond donors (Lipinski definition) is 5. The first-order valence-corrected chi connectivity index (χ1v) is 6.70. The molecular formula is C12H17NO8. The summed E-state index contributed by atoms with van der Waals surface area (Å²) in [5, 5.41) is 40.8. The average Bonchev–Trinajstić information content (AvgIpc) is 2.87. The fraction of sp³-hybridized carbons (Fsp3) is 0.833. The van der Waals surface area contributed by atoms with Crippen molar-refractivity contribution in [3.63, 3.8) is 0 Å². The van der Waals surface area contributed by atoms with E-state index < -0.39 is 60.3 Å². The van der Waals surface area contributed by atoms with Crippen molar-refractivity contribution in [1.29, 1.82) is 0 Å². The van der Waals surface area contributed by atoms with Gasteiger partial charge in [-0.2, -0.15) is 0 Å². The van der Waals surface area contributed by atoms with Crippen LogP contribution in [0.15, 0.2) is 0 Å². The van der Waals surface area contributed by atoms with Gasteiger partial charge < -0.3 is 35.2 Å². The molecular weight excluding hydrogens is 286 g/mol. The summed E-state index contributed by atoms with van der Waals surface area (Å²) >= 11 is 0. The van der Waals surface area contributed by atoms with Crippen LogP contribution >= 0.6 is 0 Å². The standard InChI is InChI=1S/C12H17NO8/c14-5-3-20-8-4-2-13-10(11(18)19)12(4,1-6(15)16)21-9(8)7(5)17/h4-5,7-10,13-14,17H,1-3H2,(H,15,16)(H,18,19)/t4-,5+,7+,8-,9-,10-,12+/m0/s1. The molecule has 0 bridgehead atoms. The number of ether oxygens (including phenoxy) is 2. The maximum atomic E-state index is 11.4. The van der Waals surface area contributed by atoms with Gasteiger partial charge in [-0.15, -0.1) is 0 Å². The highest BCUT2D eigenvalue weighted by atomic mass is 16.6. The second kappa shape index (κ2) is 4.89. The van der Waals surface area contributed by atoms with E-state index in [-0.39, 0.29) is 13.2 Å². The number of aliphatic hydroxyl groups excluding tert-OH is 2. The molecule has 9 heteroatoms. The summed E-state index contributed by atoms with van der Waals surface area (Å²) in [4.78, 5) is 22.6. The Morgan fingerprint density at radius 1 is 1.24 bits per heavy atom. The molecule has 3 aliphatic heterocycles. The number of aliphatic hydroxyl groups is 2. The SMILES string of the molecule is O=C(O)C[C@@]12O[C@H]3[C@H](O)[C@H](O)CO[C@H]3[C@@H]1CN[C@H]2C(=O)O. The van der Waals surface area contributed by atoms with Crippen molar-refractivity contribution in [2.24, 2.45) is 5.92 Å². The van der Waals surface area contributed by atoms with Gasteiger partial charge in [-0.1, -0.05) is 0 Å². The van der Waals surface area contributed by atoms with E-state index >= 15 is 0 Å². The lowest BCUT2D eigenvalue weighted by Gasteiger charge is -2.35. The molecule has 5 N–H and O–H groups in total. The Labute approximate surface area is 119 Å². The highest BCUT2D eigenvalue weighted by Crippen LogP contribution is 2.48. The predicted molar refractivity (Wildman–Crippen MR) is 64.5 cm³/mol. The third-order valence-electron chi connectivity index (χ3n) is 4.60. The molecule has 9 nitrogen and oxygen atoms in total. The van der Waals surface area contributed by atoms with Gasteiger partial charge in [0.25, 0.3) is 0 Å². The lowest BCUT2D eigenvalue weighted by atomic mass is 9.80. The monoisotopic (exact) mass is 303 g/mol. The second-order valence-corrected chi connectivity index (χ2v) is 5.75. The molecule has 0 aromatic rings. The van der Waals surface area contributed by atoms with Crippen molar-refractivity contribution in [2.45, 2.75) is 42.5 Å². The molecule has 3 fully saturated rings. The zero-order valence-corrected chi connectivity index (χ0v) is 11.0. The number of carboxylic acids is 2. The van der Waals surface area contributed by atoms with E-state index in [0.29, 0.717) is 0 Å². The highest BCUT2D eigenvalue weighted by Gasteiger charge is 2.67. The van der Waals surface area contributed by atoms with E-state index in [1.165, 1.54) is 0 Å². The normalized spacial score (nSPS) is 48.7. The number of hydrogen-bond acceptors (Lipinski definition) is 7.